The van der Waals surface area contributed by atoms with Crippen LogP contribution in [0.4, 0.5) is 0 Å². The van der Waals surface area contributed by atoms with Gasteiger partial charge in [-0.15, -0.1) is 5.16 Å². The van der Waals surface area contributed by atoms with E-state index >= 15 is 0 Å². The summed E-state index contributed by atoms with van der Waals surface area (Å²) in [6.45, 7) is 2.24. The number of hydrogen-bond donors (Lipinski definition) is 1. The minimum absolute atomic E-state index is 0.00273. The highest BCUT2D eigenvalue weighted by molar-refractivity contribution is 5.74. The van der Waals surface area contributed by atoms with E-state index in [1.54, 1.807) is 6.92 Å². The fourth-order valence-electron chi connectivity index (χ4n) is 1.72. The first kappa shape index (κ1) is 10.0. The number of nitrogens with zero attached hydrogens (tertiary/aromatic N) is 1. The molecule has 74 valence electrons. The van der Waals surface area contributed by atoms with E-state index in [1.165, 1.54) is 6.21 Å². The summed E-state index contributed by atoms with van der Waals surface area (Å²) in [4.78, 5) is 11.3. The molecule has 1 aliphatic carbocycles. The third kappa shape index (κ3) is 2.72. The molecule has 0 saturated heterocycles. The van der Waals surface area contributed by atoms with Crippen LogP contribution in [0.15, 0.2) is 5.16 Å². The standard InChI is InChI=1S/C9H15NO3/c1-2-13-9(11)8-4-3-7(5-8)6-10-12/h6-8,12H,2-5H2,1H3/b10-6+. The van der Waals surface area contributed by atoms with Gasteiger partial charge in [-0.1, -0.05) is 0 Å². The zero-order chi connectivity index (χ0) is 9.68. The van der Waals surface area contributed by atoms with Gasteiger partial charge in [-0.25, -0.2) is 0 Å². The summed E-state index contributed by atoms with van der Waals surface area (Å²) in [6, 6.07) is 0. The normalized spacial score (nSPS) is 28.1. The lowest BCUT2D eigenvalue weighted by molar-refractivity contribution is -0.147. The van der Waals surface area contributed by atoms with Gasteiger partial charge < -0.3 is 9.94 Å². The molecule has 0 aromatic rings. The highest BCUT2D eigenvalue weighted by atomic mass is 16.5. The van der Waals surface area contributed by atoms with Crippen molar-refractivity contribution in [1.82, 2.24) is 0 Å². The predicted molar refractivity (Wildman–Crippen MR) is 47.7 cm³/mol. The fourth-order valence-corrected chi connectivity index (χ4v) is 1.72. The molecule has 0 bridgehead atoms. The van der Waals surface area contributed by atoms with Crippen LogP contribution in [0.2, 0.25) is 0 Å². The van der Waals surface area contributed by atoms with Crippen LogP contribution in [0.5, 0.6) is 0 Å². The van der Waals surface area contributed by atoms with E-state index in [-0.39, 0.29) is 17.8 Å². The van der Waals surface area contributed by atoms with E-state index in [9.17, 15) is 4.79 Å². The Morgan fingerprint density at radius 3 is 3.08 bits per heavy atom. The van der Waals surface area contributed by atoms with Gasteiger partial charge in [-0.2, -0.15) is 0 Å². The quantitative estimate of drug-likeness (QED) is 0.313. The number of carbonyl (C=O) groups excluding carboxylic acids is 1. The van der Waals surface area contributed by atoms with E-state index < -0.39 is 0 Å². The highest BCUT2D eigenvalue weighted by Gasteiger charge is 2.29. The SMILES string of the molecule is CCOC(=O)C1CCC(/C=N/O)C1. The molecule has 0 aromatic heterocycles. The number of oxime groups is 1. The van der Waals surface area contributed by atoms with E-state index in [4.69, 9.17) is 9.94 Å². The topological polar surface area (TPSA) is 58.9 Å². The third-order valence-corrected chi connectivity index (χ3v) is 2.37. The molecule has 0 heterocycles. The highest BCUT2D eigenvalue weighted by Crippen LogP contribution is 2.30. The second-order valence-corrected chi connectivity index (χ2v) is 3.29. The monoisotopic (exact) mass is 185 g/mol. The van der Waals surface area contributed by atoms with Crippen molar-refractivity contribution >= 4 is 12.2 Å². The van der Waals surface area contributed by atoms with Crippen molar-refractivity contribution in [3.8, 4) is 0 Å². The van der Waals surface area contributed by atoms with Gasteiger partial charge in [-0.05, 0) is 32.1 Å². The molecule has 13 heavy (non-hydrogen) atoms. The number of carbonyl (C=O) groups is 1. The Kier molecular flexibility index (Phi) is 3.73. The van der Waals surface area contributed by atoms with Crippen molar-refractivity contribution in [2.45, 2.75) is 26.2 Å². The summed E-state index contributed by atoms with van der Waals surface area (Å²) in [5.41, 5.74) is 0. The van der Waals surface area contributed by atoms with E-state index in [0.29, 0.717) is 6.61 Å². The maximum absolute atomic E-state index is 11.3. The Morgan fingerprint density at radius 2 is 2.46 bits per heavy atom. The zero-order valence-corrected chi connectivity index (χ0v) is 7.77. The molecule has 0 aromatic carbocycles. The Balaban J connectivity index is 2.36. The molecule has 0 spiro atoms. The summed E-state index contributed by atoms with van der Waals surface area (Å²) < 4.78 is 4.91. The largest absolute Gasteiger partial charge is 0.466 e. The molecule has 0 radical (unpaired) electrons. The predicted octanol–water partition coefficient (Wildman–Crippen LogP) is 1.43. The Hall–Kier alpha value is -1.06. The van der Waals surface area contributed by atoms with Crippen LogP contribution in [-0.2, 0) is 9.53 Å². The van der Waals surface area contributed by atoms with Crippen molar-refractivity contribution in [3.63, 3.8) is 0 Å². The molecule has 2 atom stereocenters. The second-order valence-electron chi connectivity index (χ2n) is 3.29. The number of esters is 1. The van der Waals surface area contributed by atoms with Gasteiger partial charge in [0.15, 0.2) is 0 Å². The molecule has 2 unspecified atom stereocenters. The Bertz CT molecular complexity index is 203. The average Bonchev–Trinajstić information content (AvgIpc) is 2.54. The summed E-state index contributed by atoms with van der Waals surface area (Å²) in [5, 5.41) is 11.3. The van der Waals surface area contributed by atoms with Gasteiger partial charge in [0.2, 0.25) is 0 Å². The van der Waals surface area contributed by atoms with Crippen molar-refractivity contribution in [2.24, 2.45) is 17.0 Å². The summed E-state index contributed by atoms with van der Waals surface area (Å²) >= 11 is 0. The van der Waals surface area contributed by atoms with E-state index in [1.807, 2.05) is 0 Å². The lowest BCUT2D eigenvalue weighted by Crippen LogP contribution is -2.15. The maximum Gasteiger partial charge on any atom is 0.308 e. The molecule has 0 amide bonds. The number of hydrogen-bond acceptors (Lipinski definition) is 4. The summed E-state index contributed by atoms with van der Waals surface area (Å²) in [7, 11) is 0. The molecule has 1 N–H and O–H groups in total. The van der Waals surface area contributed by atoms with Gasteiger partial charge >= 0.3 is 5.97 Å². The van der Waals surface area contributed by atoms with Crippen LogP contribution < -0.4 is 0 Å². The van der Waals surface area contributed by atoms with Crippen molar-refractivity contribution in [2.75, 3.05) is 6.61 Å². The van der Waals surface area contributed by atoms with Crippen LogP contribution in [0.3, 0.4) is 0 Å². The van der Waals surface area contributed by atoms with Gasteiger partial charge in [0.05, 0.1) is 12.5 Å². The van der Waals surface area contributed by atoms with Crippen molar-refractivity contribution in [3.05, 3.63) is 0 Å². The molecule has 0 aliphatic heterocycles. The lowest BCUT2D eigenvalue weighted by Gasteiger charge is -2.07. The lowest BCUT2D eigenvalue weighted by atomic mass is 10.1. The fraction of sp³-hybridized carbons (Fsp3) is 0.778. The Morgan fingerprint density at radius 1 is 1.69 bits per heavy atom. The molecule has 4 heteroatoms. The van der Waals surface area contributed by atoms with E-state index in [0.717, 1.165) is 19.3 Å². The molecular weight excluding hydrogens is 170 g/mol. The minimum atomic E-state index is -0.115. The van der Waals surface area contributed by atoms with Crippen LogP contribution in [0, 0.1) is 11.8 Å². The van der Waals surface area contributed by atoms with Crippen LogP contribution in [0.25, 0.3) is 0 Å². The van der Waals surface area contributed by atoms with Gasteiger partial charge in [0.1, 0.15) is 0 Å². The first-order chi connectivity index (χ1) is 6.27. The van der Waals surface area contributed by atoms with Crippen LogP contribution >= 0.6 is 0 Å². The van der Waals surface area contributed by atoms with Crippen molar-refractivity contribution < 1.29 is 14.7 Å². The van der Waals surface area contributed by atoms with Crippen LogP contribution in [-0.4, -0.2) is 24.0 Å². The van der Waals surface area contributed by atoms with Gasteiger partial charge in [-0.3, -0.25) is 4.79 Å². The second kappa shape index (κ2) is 4.84. The van der Waals surface area contributed by atoms with Crippen LogP contribution in [0.1, 0.15) is 26.2 Å². The first-order valence-electron chi connectivity index (χ1n) is 4.62. The Labute approximate surface area is 77.6 Å². The first-order valence-corrected chi connectivity index (χ1v) is 4.62. The summed E-state index contributed by atoms with van der Waals surface area (Å²) in [5.74, 6) is 0.124. The van der Waals surface area contributed by atoms with Gasteiger partial charge in [0, 0.05) is 6.21 Å². The summed E-state index contributed by atoms with van der Waals surface area (Å²) in [6.07, 6.45) is 4.01. The number of rotatable bonds is 3. The number of ether oxygens (including phenoxy) is 1. The molecule has 4 nitrogen and oxygen atoms in total. The van der Waals surface area contributed by atoms with Gasteiger partial charge in [0.25, 0.3) is 0 Å². The average molecular weight is 185 g/mol. The minimum Gasteiger partial charge on any atom is -0.466 e. The van der Waals surface area contributed by atoms with Crippen molar-refractivity contribution in [1.29, 1.82) is 0 Å². The molecule has 1 fully saturated rings. The van der Waals surface area contributed by atoms with E-state index in [2.05, 4.69) is 5.16 Å². The third-order valence-electron chi connectivity index (χ3n) is 2.37. The zero-order valence-electron chi connectivity index (χ0n) is 7.77. The maximum atomic E-state index is 11.3. The molecule has 1 saturated carbocycles. The smallest absolute Gasteiger partial charge is 0.308 e. The molecule has 1 rings (SSSR count). The molecular formula is C9H15NO3. The molecule has 1 aliphatic rings.